The lowest BCUT2D eigenvalue weighted by Crippen LogP contribution is -2.41. The van der Waals surface area contributed by atoms with Crippen molar-refractivity contribution >= 4 is 11.6 Å². The minimum absolute atomic E-state index is 0.0123. The molecule has 3 nitrogen and oxygen atoms in total. The number of piperidine rings is 1. The van der Waals surface area contributed by atoms with Crippen molar-refractivity contribution in [2.75, 3.05) is 13.1 Å². The van der Waals surface area contributed by atoms with Crippen molar-refractivity contribution in [3.8, 4) is 0 Å². The van der Waals surface area contributed by atoms with Crippen molar-refractivity contribution < 1.29 is 13.2 Å². The fourth-order valence-electron chi connectivity index (χ4n) is 2.33. The third-order valence-electron chi connectivity index (χ3n) is 3.20. The van der Waals surface area contributed by atoms with Crippen LogP contribution in [0.4, 0.5) is 13.2 Å². The molecule has 0 amide bonds. The van der Waals surface area contributed by atoms with Gasteiger partial charge in [0.15, 0.2) is 0 Å². The minimum Gasteiger partial charge on any atom is -0.295 e. The van der Waals surface area contributed by atoms with Gasteiger partial charge in [-0.15, -0.1) is 0 Å². The second-order valence-electron chi connectivity index (χ2n) is 4.86. The van der Waals surface area contributed by atoms with Crippen molar-refractivity contribution in [2.24, 2.45) is 5.92 Å². The van der Waals surface area contributed by atoms with Gasteiger partial charge < -0.3 is 0 Å². The summed E-state index contributed by atoms with van der Waals surface area (Å²) in [6.45, 7) is 2.75. The van der Waals surface area contributed by atoms with Crippen molar-refractivity contribution in [3.05, 3.63) is 22.7 Å². The van der Waals surface area contributed by atoms with Gasteiger partial charge in [-0.2, -0.15) is 13.2 Å². The molecule has 0 N–H and O–H groups in total. The van der Waals surface area contributed by atoms with Gasteiger partial charge in [-0.05, 0) is 32.4 Å². The molecular formula is C12H15ClF3N3. The SMILES string of the molecule is Cc1cc(Cl)nc(CN2CCCC(C(F)(F)F)C2)n1. The topological polar surface area (TPSA) is 29.0 Å². The second-order valence-corrected chi connectivity index (χ2v) is 5.25. The first-order valence-electron chi connectivity index (χ1n) is 6.14. The lowest BCUT2D eigenvalue weighted by Gasteiger charge is -2.33. The number of aromatic nitrogens is 2. The lowest BCUT2D eigenvalue weighted by atomic mass is 9.97. The fraction of sp³-hybridized carbons (Fsp3) is 0.667. The number of hydrogen-bond donors (Lipinski definition) is 0. The Hall–Kier alpha value is -0.880. The van der Waals surface area contributed by atoms with Crippen LogP contribution in [0.1, 0.15) is 24.4 Å². The lowest BCUT2D eigenvalue weighted by molar-refractivity contribution is -0.187. The summed E-state index contributed by atoms with van der Waals surface area (Å²) in [4.78, 5) is 9.99. The Kier molecular flexibility index (Phi) is 4.30. The van der Waals surface area contributed by atoms with Crippen molar-refractivity contribution in [1.82, 2.24) is 14.9 Å². The number of aryl methyl sites for hydroxylation is 1. The van der Waals surface area contributed by atoms with E-state index in [9.17, 15) is 13.2 Å². The summed E-state index contributed by atoms with van der Waals surface area (Å²) >= 11 is 5.82. The molecule has 1 aliphatic rings. The standard InChI is InChI=1S/C12H15ClF3N3/c1-8-5-10(13)18-11(17-8)7-19-4-2-3-9(6-19)12(14,15)16/h5,9H,2-4,6-7H2,1H3. The van der Waals surface area contributed by atoms with Gasteiger partial charge >= 0.3 is 6.18 Å². The fourth-order valence-corrected chi connectivity index (χ4v) is 2.58. The zero-order valence-electron chi connectivity index (χ0n) is 10.5. The molecule has 0 spiro atoms. The van der Waals surface area contributed by atoms with Crippen molar-refractivity contribution in [3.63, 3.8) is 0 Å². The molecule has 7 heteroatoms. The Bertz CT molecular complexity index is 430. The number of nitrogens with zero attached hydrogens (tertiary/aromatic N) is 3. The minimum atomic E-state index is -4.12. The molecule has 2 rings (SSSR count). The van der Waals surface area contributed by atoms with Crippen LogP contribution < -0.4 is 0 Å². The maximum absolute atomic E-state index is 12.7. The van der Waals surface area contributed by atoms with E-state index in [1.54, 1.807) is 17.9 Å². The normalized spacial score (nSPS) is 21.6. The molecule has 0 aromatic carbocycles. The molecule has 2 heterocycles. The van der Waals surface area contributed by atoms with E-state index in [4.69, 9.17) is 11.6 Å². The number of likely N-dealkylation sites (tertiary alicyclic amines) is 1. The maximum atomic E-state index is 12.7. The van der Waals surface area contributed by atoms with Crippen LogP contribution in [0.25, 0.3) is 0 Å². The highest BCUT2D eigenvalue weighted by atomic mass is 35.5. The molecule has 1 unspecified atom stereocenters. The molecule has 1 aromatic heterocycles. The quantitative estimate of drug-likeness (QED) is 0.784. The van der Waals surface area contributed by atoms with Gasteiger partial charge in [0.25, 0.3) is 0 Å². The molecule has 0 radical (unpaired) electrons. The summed E-state index contributed by atoms with van der Waals surface area (Å²) in [6, 6.07) is 1.62. The molecule has 1 aliphatic heterocycles. The summed E-state index contributed by atoms with van der Waals surface area (Å²) < 4.78 is 38.1. The van der Waals surface area contributed by atoms with E-state index in [0.717, 1.165) is 5.69 Å². The van der Waals surface area contributed by atoms with Gasteiger partial charge in [-0.1, -0.05) is 11.6 Å². The Morgan fingerprint density at radius 2 is 2.16 bits per heavy atom. The largest absolute Gasteiger partial charge is 0.393 e. The van der Waals surface area contributed by atoms with Crippen LogP contribution in [0.5, 0.6) is 0 Å². The monoisotopic (exact) mass is 293 g/mol. The van der Waals surface area contributed by atoms with E-state index in [0.29, 0.717) is 30.5 Å². The summed E-state index contributed by atoms with van der Waals surface area (Å²) in [6.07, 6.45) is -3.37. The Morgan fingerprint density at radius 3 is 2.79 bits per heavy atom. The molecule has 1 aromatic rings. The van der Waals surface area contributed by atoms with Gasteiger partial charge in [0.05, 0.1) is 12.5 Å². The van der Waals surface area contributed by atoms with E-state index in [1.165, 1.54) is 0 Å². The van der Waals surface area contributed by atoms with E-state index < -0.39 is 12.1 Å². The first-order chi connectivity index (χ1) is 8.84. The number of halogens is 4. The summed E-state index contributed by atoms with van der Waals surface area (Å²) in [7, 11) is 0. The van der Waals surface area contributed by atoms with Crippen LogP contribution in [0.3, 0.4) is 0 Å². The number of hydrogen-bond acceptors (Lipinski definition) is 3. The second kappa shape index (κ2) is 5.63. The first-order valence-corrected chi connectivity index (χ1v) is 6.51. The van der Waals surface area contributed by atoms with Crippen LogP contribution >= 0.6 is 11.6 Å². The predicted molar refractivity (Wildman–Crippen MR) is 65.8 cm³/mol. The number of alkyl halides is 3. The zero-order valence-corrected chi connectivity index (χ0v) is 11.3. The molecular weight excluding hydrogens is 279 g/mol. The summed E-state index contributed by atoms with van der Waals surface area (Å²) in [5.41, 5.74) is 0.722. The van der Waals surface area contributed by atoms with Gasteiger partial charge in [-0.3, -0.25) is 4.90 Å². The van der Waals surface area contributed by atoms with Crippen LogP contribution in [-0.4, -0.2) is 34.1 Å². The summed E-state index contributed by atoms with van der Waals surface area (Å²) in [5.74, 6) is -0.769. The molecule has 1 saturated heterocycles. The molecule has 19 heavy (non-hydrogen) atoms. The van der Waals surface area contributed by atoms with Crippen molar-refractivity contribution in [1.29, 1.82) is 0 Å². The Balaban J connectivity index is 2.02. The smallest absolute Gasteiger partial charge is 0.295 e. The predicted octanol–water partition coefficient (Wildman–Crippen LogP) is 3.21. The van der Waals surface area contributed by atoms with E-state index >= 15 is 0 Å². The number of rotatable bonds is 2. The van der Waals surface area contributed by atoms with Crippen LogP contribution in [-0.2, 0) is 6.54 Å². The molecule has 0 saturated carbocycles. The van der Waals surface area contributed by atoms with Crippen molar-refractivity contribution in [2.45, 2.75) is 32.5 Å². The molecule has 106 valence electrons. The summed E-state index contributed by atoms with van der Waals surface area (Å²) in [5, 5.41) is 0.326. The van der Waals surface area contributed by atoms with E-state index in [2.05, 4.69) is 9.97 Å². The third-order valence-corrected chi connectivity index (χ3v) is 3.40. The molecule has 0 bridgehead atoms. The highest BCUT2D eigenvalue weighted by molar-refractivity contribution is 6.29. The van der Waals surface area contributed by atoms with Crippen LogP contribution in [0, 0.1) is 12.8 Å². The maximum Gasteiger partial charge on any atom is 0.393 e. The van der Waals surface area contributed by atoms with E-state index in [1.807, 2.05) is 0 Å². The molecule has 1 fully saturated rings. The van der Waals surface area contributed by atoms with Crippen LogP contribution in [0.2, 0.25) is 5.15 Å². The van der Waals surface area contributed by atoms with Gasteiger partial charge in [-0.25, -0.2) is 9.97 Å². The zero-order chi connectivity index (χ0) is 14.0. The van der Waals surface area contributed by atoms with Gasteiger partial charge in [0.1, 0.15) is 11.0 Å². The highest BCUT2D eigenvalue weighted by Gasteiger charge is 2.41. The van der Waals surface area contributed by atoms with E-state index in [-0.39, 0.29) is 13.0 Å². The van der Waals surface area contributed by atoms with Gasteiger partial charge in [0.2, 0.25) is 0 Å². The van der Waals surface area contributed by atoms with Gasteiger partial charge in [0, 0.05) is 12.2 Å². The highest BCUT2D eigenvalue weighted by Crippen LogP contribution is 2.33. The Labute approximate surface area is 114 Å². The van der Waals surface area contributed by atoms with Crippen LogP contribution in [0.15, 0.2) is 6.07 Å². The molecule has 0 aliphatic carbocycles. The first kappa shape index (κ1) is 14.5. The Morgan fingerprint density at radius 1 is 1.42 bits per heavy atom. The third kappa shape index (κ3) is 4.04. The average molecular weight is 294 g/mol. The average Bonchev–Trinajstić information content (AvgIpc) is 2.26. The molecule has 1 atom stereocenters.